The normalized spacial score (nSPS) is 13.7. The summed E-state index contributed by atoms with van der Waals surface area (Å²) < 4.78 is 55.6. The van der Waals surface area contributed by atoms with Gasteiger partial charge in [0.05, 0.1) is 11.7 Å². The Labute approximate surface area is 102 Å². The van der Waals surface area contributed by atoms with E-state index in [2.05, 4.69) is 0 Å². The Morgan fingerprint density at radius 2 is 2.00 bits per heavy atom. The van der Waals surface area contributed by atoms with Crippen molar-refractivity contribution in [1.29, 1.82) is 0 Å². The molecule has 0 heterocycles. The Hall–Kier alpha value is -1.14. The van der Waals surface area contributed by atoms with Gasteiger partial charge in [0.1, 0.15) is 5.82 Å². The van der Waals surface area contributed by atoms with Gasteiger partial charge in [0.25, 0.3) is 0 Å². The van der Waals surface area contributed by atoms with Gasteiger partial charge in [-0.2, -0.15) is 13.2 Å². The Balaban J connectivity index is 2.93. The monoisotopic (exact) mass is 266 g/mol. The van der Waals surface area contributed by atoms with Crippen LogP contribution in [0.5, 0.6) is 0 Å². The van der Waals surface area contributed by atoms with Crippen LogP contribution >= 0.6 is 0 Å². The highest BCUT2D eigenvalue weighted by molar-refractivity contribution is 5.32. The number of benzene rings is 1. The quantitative estimate of drug-likeness (QED) is 0.654. The van der Waals surface area contributed by atoms with Gasteiger partial charge in [0, 0.05) is 13.7 Å². The highest BCUT2D eigenvalue weighted by Crippen LogP contribution is 2.36. The minimum atomic E-state index is -4.68. The highest BCUT2D eigenvalue weighted by atomic mass is 19.4. The Morgan fingerprint density at radius 1 is 1.33 bits per heavy atom. The molecule has 0 aromatic heterocycles. The van der Waals surface area contributed by atoms with Crippen molar-refractivity contribution < 1.29 is 27.4 Å². The number of hydrogen-bond acceptors (Lipinski definition) is 2. The molecule has 2 nitrogen and oxygen atoms in total. The number of rotatable bonds is 5. The van der Waals surface area contributed by atoms with Crippen LogP contribution in [0.4, 0.5) is 17.6 Å². The van der Waals surface area contributed by atoms with E-state index in [0.717, 1.165) is 12.1 Å². The molecule has 0 radical (unpaired) electrons. The fourth-order valence-corrected chi connectivity index (χ4v) is 1.64. The standard InChI is InChI=1S/C12H14F4O2/c1-18-6-2-3-11(17)9-5-4-8(13)7-10(9)12(14,15)16/h4-5,7,11,17H,2-3,6H2,1H3. The molecule has 102 valence electrons. The molecule has 0 amide bonds. The number of aliphatic hydroxyl groups excluding tert-OH is 1. The lowest BCUT2D eigenvalue weighted by atomic mass is 9.98. The zero-order chi connectivity index (χ0) is 13.8. The van der Waals surface area contributed by atoms with Crippen LogP contribution in [-0.2, 0) is 10.9 Å². The van der Waals surface area contributed by atoms with Crippen molar-refractivity contribution in [2.75, 3.05) is 13.7 Å². The lowest BCUT2D eigenvalue weighted by Gasteiger charge is -2.17. The lowest BCUT2D eigenvalue weighted by Crippen LogP contribution is -2.13. The van der Waals surface area contributed by atoms with Crippen LogP contribution in [0.15, 0.2) is 18.2 Å². The van der Waals surface area contributed by atoms with Gasteiger partial charge in [-0.25, -0.2) is 4.39 Å². The summed E-state index contributed by atoms with van der Waals surface area (Å²) in [5.41, 5.74) is -1.44. The molecule has 1 aromatic carbocycles. The maximum atomic E-state index is 12.8. The summed E-state index contributed by atoms with van der Waals surface area (Å²) in [5.74, 6) is -0.977. The molecule has 1 aromatic rings. The van der Waals surface area contributed by atoms with Gasteiger partial charge in [-0.05, 0) is 30.5 Å². The van der Waals surface area contributed by atoms with E-state index >= 15 is 0 Å². The van der Waals surface area contributed by atoms with Crippen molar-refractivity contribution >= 4 is 0 Å². The molecule has 0 aliphatic carbocycles. The number of methoxy groups -OCH3 is 1. The summed E-state index contributed by atoms with van der Waals surface area (Å²) in [5, 5.41) is 9.70. The maximum Gasteiger partial charge on any atom is 0.416 e. The molecule has 0 bridgehead atoms. The van der Waals surface area contributed by atoms with E-state index in [0.29, 0.717) is 19.1 Å². The topological polar surface area (TPSA) is 29.5 Å². The van der Waals surface area contributed by atoms with E-state index in [4.69, 9.17) is 4.74 Å². The molecule has 0 fully saturated rings. The van der Waals surface area contributed by atoms with Gasteiger partial charge in [-0.3, -0.25) is 0 Å². The molecule has 0 saturated carbocycles. The van der Waals surface area contributed by atoms with Crippen molar-refractivity contribution in [1.82, 2.24) is 0 Å². The van der Waals surface area contributed by atoms with Crippen molar-refractivity contribution in [2.24, 2.45) is 0 Å². The number of alkyl halides is 3. The van der Waals surface area contributed by atoms with E-state index in [1.807, 2.05) is 0 Å². The first-order chi connectivity index (χ1) is 8.36. The first kappa shape index (κ1) is 14.9. The van der Waals surface area contributed by atoms with Crippen LogP contribution in [0.3, 0.4) is 0 Å². The van der Waals surface area contributed by atoms with Crippen LogP contribution in [0.25, 0.3) is 0 Å². The summed E-state index contributed by atoms with van der Waals surface area (Å²) in [7, 11) is 1.46. The van der Waals surface area contributed by atoms with E-state index < -0.39 is 23.7 Å². The van der Waals surface area contributed by atoms with Crippen molar-refractivity contribution in [2.45, 2.75) is 25.1 Å². The third kappa shape index (κ3) is 3.96. The summed E-state index contributed by atoms with van der Waals surface area (Å²) in [6.07, 6.45) is -5.41. The molecule has 0 aliphatic heterocycles. The van der Waals surface area contributed by atoms with Gasteiger partial charge in [0.2, 0.25) is 0 Å². The van der Waals surface area contributed by atoms with Crippen LogP contribution in [-0.4, -0.2) is 18.8 Å². The largest absolute Gasteiger partial charge is 0.416 e. The molecule has 6 heteroatoms. The number of ether oxygens (including phenoxy) is 1. The van der Waals surface area contributed by atoms with Crippen molar-refractivity contribution in [3.05, 3.63) is 35.1 Å². The molecular formula is C12H14F4O2. The van der Waals surface area contributed by atoms with Gasteiger partial charge in [-0.1, -0.05) is 6.07 Å². The van der Waals surface area contributed by atoms with E-state index in [1.54, 1.807) is 0 Å². The van der Waals surface area contributed by atoms with Crippen LogP contribution < -0.4 is 0 Å². The van der Waals surface area contributed by atoms with E-state index in [1.165, 1.54) is 7.11 Å². The molecule has 1 atom stereocenters. The molecule has 18 heavy (non-hydrogen) atoms. The van der Waals surface area contributed by atoms with Gasteiger partial charge in [-0.15, -0.1) is 0 Å². The van der Waals surface area contributed by atoms with Gasteiger partial charge < -0.3 is 9.84 Å². The molecule has 0 spiro atoms. The van der Waals surface area contributed by atoms with Crippen molar-refractivity contribution in [3.63, 3.8) is 0 Å². The molecular weight excluding hydrogens is 252 g/mol. The van der Waals surface area contributed by atoms with Crippen LogP contribution in [0, 0.1) is 5.82 Å². The second-order valence-corrected chi connectivity index (χ2v) is 3.88. The van der Waals surface area contributed by atoms with E-state index in [-0.39, 0.29) is 12.0 Å². The van der Waals surface area contributed by atoms with E-state index in [9.17, 15) is 22.7 Å². The van der Waals surface area contributed by atoms with Gasteiger partial charge >= 0.3 is 6.18 Å². The molecule has 1 N–H and O–H groups in total. The van der Waals surface area contributed by atoms with Crippen LogP contribution in [0.2, 0.25) is 0 Å². The second kappa shape index (κ2) is 6.15. The minimum Gasteiger partial charge on any atom is -0.388 e. The average Bonchev–Trinajstić information content (AvgIpc) is 2.28. The number of halogens is 4. The summed E-state index contributed by atoms with van der Waals surface area (Å²) in [6.45, 7) is 0.347. The SMILES string of the molecule is COCCCC(O)c1ccc(F)cc1C(F)(F)F. The lowest BCUT2D eigenvalue weighted by molar-refractivity contribution is -0.139. The average molecular weight is 266 g/mol. The Bertz CT molecular complexity index is 390. The van der Waals surface area contributed by atoms with Crippen molar-refractivity contribution in [3.8, 4) is 0 Å². The highest BCUT2D eigenvalue weighted by Gasteiger charge is 2.35. The summed E-state index contributed by atoms with van der Waals surface area (Å²) in [4.78, 5) is 0. The van der Waals surface area contributed by atoms with Crippen LogP contribution in [0.1, 0.15) is 30.1 Å². The third-order valence-corrected chi connectivity index (χ3v) is 2.51. The first-order valence-corrected chi connectivity index (χ1v) is 5.40. The number of hydrogen-bond donors (Lipinski definition) is 1. The molecule has 1 rings (SSSR count). The van der Waals surface area contributed by atoms with Gasteiger partial charge in [0.15, 0.2) is 0 Å². The fraction of sp³-hybridized carbons (Fsp3) is 0.500. The number of aliphatic hydroxyl groups is 1. The minimum absolute atomic E-state index is 0.128. The summed E-state index contributed by atoms with van der Waals surface area (Å²) in [6, 6.07) is 2.27. The second-order valence-electron chi connectivity index (χ2n) is 3.88. The predicted molar refractivity (Wildman–Crippen MR) is 57.5 cm³/mol. The first-order valence-electron chi connectivity index (χ1n) is 5.40. The Morgan fingerprint density at radius 3 is 2.56 bits per heavy atom. The predicted octanol–water partition coefficient (Wildman–Crippen LogP) is 3.30. The zero-order valence-corrected chi connectivity index (χ0v) is 9.80. The molecule has 0 saturated heterocycles. The molecule has 1 unspecified atom stereocenters. The molecule has 0 aliphatic rings. The smallest absolute Gasteiger partial charge is 0.388 e. The summed E-state index contributed by atoms with van der Waals surface area (Å²) >= 11 is 0. The maximum absolute atomic E-state index is 12.8. The zero-order valence-electron chi connectivity index (χ0n) is 9.80. The Kier molecular flexibility index (Phi) is 5.10. The fourth-order valence-electron chi connectivity index (χ4n) is 1.64. The third-order valence-electron chi connectivity index (χ3n) is 2.51.